The van der Waals surface area contributed by atoms with Crippen LogP contribution in [0.1, 0.15) is 5.56 Å². The van der Waals surface area contributed by atoms with E-state index in [0.29, 0.717) is 6.54 Å². The Labute approximate surface area is 112 Å². The Bertz CT molecular complexity index is 389. The van der Waals surface area contributed by atoms with Gasteiger partial charge in [0.05, 0.1) is 13.2 Å². The summed E-state index contributed by atoms with van der Waals surface area (Å²) in [5.41, 5.74) is 1.12. The molecule has 5 heteroatoms. The molecule has 2 atom stereocenters. The van der Waals surface area contributed by atoms with Crippen LogP contribution in [0.15, 0.2) is 24.3 Å². The minimum Gasteiger partial charge on any atom is -0.395 e. The van der Waals surface area contributed by atoms with Crippen LogP contribution in [0.2, 0.25) is 5.02 Å². The van der Waals surface area contributed by atoms with Crippen molar-refractivity contribution in [2.45, 2.75) is 18.6 Å². The molecule has 1 aliphatic rings. The van der Waals surface area contributed by atoms with Crippen LogP contribution in [0.3, 0.4) is 0 Å². The number of aliphatic hydroxyl groups excluding tert-OH is 2. The Morgan fingerprint density at radius 1 is 1.33 bits per heavy atom. The summed E-state index contributed by atoms with van der Waals surface area (Å²) >= 11 is 5.97. The molecule has 0 bridgehead atoms. The van der Waals surface area contributed by atoms with Crippen molar-refractivity contribution >= 4 is 11.6 Å². The zero-order valence-corrected chi connectivity index (χ0v) is 11.0. The molecule has 0 radical (unpaired) electrons. The van der Waals surface area contributed by atoms with E-state index in [9.17, 15) is 10.2 Å². The minimum absolute atomic E-state index is 0.0759. The van der Waals surface area contributed by atoms with Crippen molar-refractivity contribution in [3.05, 3.63) is 34.9 Å². The van der Waals surface area contributed by atoms with Crippen LogP contribution in [0, 0.1) is 0 Å². The molecule has 4 nitrogen and oxygen atoms in total. The lowest BCUT2D eigenvalue weighted by Gasteiger charge is -2.39. The first-order chi connectivity index (χ1) is 8.72. The standard InChI is InChI=1S/C13H19ClN2O2/c14-11-3-1-2-10(4-11)6-16-7-12(8-17)15-5-13(16)9-18/h1-4,12-13,15,17-18H,5-9H2. The quantitative estimate of drug-likeness (QED) is 0.744. The van der Waals surface area contributed by atoms with Crippen molar-refractivity contribution in [3.8, 4) is 0 Å². The largest absolute Gasteiger partial charge is 0.395 e. The highest BCUT2D eigenvalue weighted by atomic mass is 35.5. The van der Waals surface area contributed by atoms with Crippen LogP contribution in [0.5, 0.6) is 0 Å². The van der Waals surface area contributed by atoms with E-state index in [-0.39, 0.29) is 25.3 Å². The molecule has 0 spiro atoms. The van der Waals surface area contributed by atoms with Crippen molar-refractivity contribution in [2.75, 3.05) is 26.3 Å². The summed E-state index contributed by atoms with van der Waals surface area (Å²) in [4.78, 5) is 2.18. The molecule has 0 saturated carbocycles. The smallest absolute Gasteiger partial charge is 0.0599 e. The maximum atomic E-state index is 9.38. The molecular formula is C13H19ClN2O2. The van der Waals surface area contributed by atoms with Crippen LogP contribution < -0.4 is 5.32 Å². The number of nitrogens with one attached hydrogen (secondary N) is 1. The molecule has 0 aliphatic carbocycles. The normalized spacial score (nSPS) is 25.3. The van der Waals surface area contributed by atoms with Gasteiger partial charge in [0.1, 0.15) is 0 Å². The first-order valence-corrected chi connectivity index (χ1v) is 6.54. The first-order valence-electron chi connectivity index (χ1n) is 6.16. The van der Waals surface area contributed by atoms with Gasteiger partial charge in [-0.2, -0.15) is 0 Å². The molecule has 100 valence electrons. The molecule has 1 aliphatic heterocycles. The summed E-state index contributed by atoms with van der Waals surface area (Å²) in [5.74, 6) is 0. The molecule has 2 rings (SSSR count). The molecule has 1 fully saturated rings. The topological polar surface area (TPSA) is 55.7 Å². The summed E-state index contributed by atoms with van der Waals surface area (Å²) in [6.07, 6.45) is 0. The predicted molar refractivity (Wildman–Crippen MR) is 71.6 cm³/mol. The fourth-order valence-corrected chi connectivity index (χ4v) is 2.51. The first kappa shape index (κ1) is 13.8. The van der Waals surface area contributed by atoms with Gasteiger partial charge in [-0.25, -0.2) is 0 Å². The Morgan fingerprint density at radius 2 is 2.17 bits per heavy atom. The summed E-state index contributed by atoms with van der Waals surface area (Å²) in [7, 11) is 0. The van der Waals surface area contributed by atoms with Gasteiger partial charge in [-0.05, 0) is 17.7 Å². The lowest BCUT2D eigenvalue weighted by atomic mass is 10.1. The van der Waals surface area contributed by atoms with Crippen molar-refractivity contribution in [1.82, 2.24) is 10.2 Å². The van der Waals surface area contributed by atoms with Crippen LogP contribution >= 0.6 is 11.6 Å². The second-order valence-electron chi connectivity index (χ2n) is 4.68. The SMILES string of the molecule is OCC1CN(Cc2cccc(Cl)c2)C(CO)CN1. The maximum Gasteiger partial charge on any atom is 0.0599 e. The molecule has 1 aromatic rings. The second kappa shape index (κ2) is 6.50. The molecule has 1 aromatic carbocycles. The molecule has 3 N–H and O–H groups in total. The summed E-state index contributed by atoms with van der Waals surface area (Å²) in [6, 6.07) is 7.90. The Morgan fingerprint density at radius 3 is 2.83 bits per heavy atom. The van der Waals surface area contributed by atoms with E-state index >= 15 is 0 Å². The highest BCUT2D eigenvalue weighted by molar-refractivity contribution is 6.30. The van der Waals surface area contributed by atoms with E-state index < -0.39 is 0 Å². The zero-order valence-electron chi connectivity index (χ0n) is 10.2. The van der Waals surface area contributed by atoms with Gasteiger partial charge in [0.15, 0.2) is 0 Å². The number of rotatable bonds is 4. The molecule has 0 amide bonds. The summed E-state index contributed by atoms with van der Waals surface area (Å²) < 4.78 is 0. The predicted octanol–water partition coefficient (Wildman–Crippen LogP) is 0.467. The average molecular weight is 271 g/mol. The number of hydrogen-bond donors (Lipinski definition) is 3. The molecular weight excluding hydrogens is 252 g/mol. The monoisotopic (exact) mass is 270 g/mol. The second-order valence-corrected chi connectivity index (χ2v) is 5.12. The zero-order chi connectivity index (χ0) is 13.0. The van der Waals surface area contributed by atoms with E-state index in [4.69, 9.17) is 11.6 Å². The third-order valence-corrected chi connectivity index (χ3v) is 3.55. The van der Waals surface area contributed by atoms with Gasteiger partial charge >= 0.3 is 0 Å². The van der Waals surface area contributed by atoms with Crippen LogP contribution in [-0.4, -0.2) is 53.5 Å². The highest BCUT2D eigenvalue weighted by Gasteiger charge is 2.26. The van der Waals surface area contributed by atoms with Crippen LogP contribution in [-0.2, 0) is 6.54 Å². The van der Waals surface area contributed by atoms with Crippen molar-refractivity contribution < 1.29 is 10.2 Å². The van der Waals surface area contributed by atoms with Gasteiger partial charge < -0.3 is 15.5 Å². The summed E-state index contributed by atoms with van der Waals surface area (Å²) in [6.45, 7) is 2.40. The van der Waals surface area contributed by atoms with Crippen molar-refractivity contribution in [1.29, 1.82) is 0 Å². The van der Waals surface area contributed by atoms with E-state index in [2.05, 4.69) is 10.2 Å². The third kappa shape index (κ3) is 3.43. The van der Waals surface area contributed by atoms with E-state index in [1.165, 1.54) is 0 Å². The van der Waals surface area contributed by atoms with Gasteiger partial charge in [0, 0.05) is 36.7 Å². The lowest BCUT2D eigenvalue weighted by molar-refractivity contribution is 0.0590. The van der Waals surface area contributed by atoms with E-state index in [1.807, 2.05) is 24.3 Å². The number of benzene rings is 1. The molecule has 0 aromatic heterocycles. The van der Waals surface area contributed by atoms with E-state index in [0.717, 1.165) is 23.7 Å². The lowest BCUT2D eigenvalue weighted by Crippen LogP contribution is -2.58. The fraction of sp³-hybridized carbons (Fsp3) is 0.538. The summed E-state index contributed by atoms with van der Waals surface area (Å²) in [5, 5.41) is 22.5. The highest BCUT2D eigenvalue weighted by Crippen LogP contribution is 2.16. The number of piperazine rings is 1. The third-order valence-electron chi connectivity index (χ3n) is 3.32. The van der Waals surface area contributed by atoms with Gasteiger partial charge in [0.25, 0.3) is 0 Å². The average Bonchev–Trinajstić information content (AvgIpc) is 2.38. The Balaban J connectivity index is 2.04. The number of halogens is 1. The molecule has 2 unspecified atom stereocenters. The van der Waals surface area contributed by atoms with E-state index in [1.54, 1.807) is 0 Å². The molecule has 1 saturated heterocycles. The minimum atomic E-state index is 0.0759. The molecule has 18 heavy (non-hydrogen) atoms. The van der Waals surface area contributed by atoms with Crippen LogP contribution in [0.25, 0.3) is 0 Å². The number of nitrogens with zero attached hydrogens (tertiary/aromatic N) is 1. The Hall–Kier alpha value is -0.650. The van der Waals surface area contributed by atoms with Gasteiger partial charge in [-0.1, -0.05) is 23.7 Å². The van der Waals surface area contributed by atoms with Crippen molar-refractivity contribution in [2.24, 2.45) is 0 Å². The fourth-order valence-electron chi connectivity index (χ4n) is 2.29. The molecule has 1 heterocycles. The Kier molecular flexibility index (Phi) is 4.97. The van der Waals surface area contributed by atoms with Gasteiger partial charge in [-0.15, -0.1) is 0 Å². The number of hydrogen-bond acceptors (Lipinski definition) is 4. The van der Waals surface area contributed by atoms with Crippen LogP contribution in [0.4, 0.5) is 0 Å². The van der Waals surface area contributed by atoms with Crippen molar-refractivity contribution in [3.63, 3.8) is 0 Å². The maximum absolute atomic E-state index is 9.38. The van der Waals surface area contributed by atoms with Gasteiger partial charge in [-0.3, -0.25) is 4.90 Å². The van der Waals surface area contributed by atoms with Gasteiger partial charge in [0.2, 0.25) is 0 Å². The number of aliphatic hydroxyl groups is 2.